The highest BCUT2D eigenvalue weighted by Gasteiger charge is 2.11. The molecule has 0 atom stereocenters. The molecular formula is C26H21F3O. The Morgan fingerprint density at radius 1 is 0.733 bits per heavy atom. The minimum absolute atomic E-state index is 0.267. The van der Waals surface area contributed by atoms with Crippen molar-refractivity contribution in [2.24, 2.45) is 0 Å². The van der Waals surface area contributed by atoms with Crippen LogP contribution in [0.1, 0.15) is 16.7 Å². The summed E-state index contributed by atoms with van der Waals surface area (Å²) in [5, 5.41) is 1.22. The lowest BCUT2D eigenvalue weighted by Gasteiger charge is -2.10. The standard InChI is InChI=1S/C26H21F3O/c1-30-16-18-5-12-23(25(28)14-18)20-9-13-24-21(15-20)8-7-19(26(24)29)6-2-17-3-10-22(27)11-4-17/h3-5,7-15H,2,6,16H2,1H3. The topological polar surface area (TPSA) is 9.23 Å². The molecule has 0 saturated carbocycles. The SMILES string of the molecule is COCc1ccc(-c2ccc3c(F)c(CCc4ccc(F)cc4)ccc3c2)c(F)c1. The van der Waals surface area contributed by atoms with Crippen LogP contribution in [-0.4, -0.2) is 7.11 Å². The Labute approximate surface area is 173 Å². The zero-order chi connectivity index (χ0) is 21.1. The van der Waals surface area contributed by atoms with Gasteiger partial charge in [0, 0.05) is 18.1 Å². The van der Waals surface area contributed by atoms with E-state index < -0.39 is 0 Å². The van der Waals surface area contributed by atoms with Gasteiger partial charge in [-0.05, 0) is 64.7 Å². The molecule has 0 aliphatic rings. The largest absolute Gasteiger partial charge is 0.380 e. The van der Waals surface area contributed by atoms with Crippen LogP contribution in [0.2, 0.25) is 0 Å². The maximum Gasteiger partial charge on any atom is 0.134 e. The van der Waals surface area contributed by atoms with Gasteiger partial charge >= 0.3 is 0 Å². The van der Waals surface area contributed by atoms with Crippen LogP contribution in [0.15, 0.2) is 72.8 Å². The predicted octanol–water partition coefficient (Wildman–Crippen LogP) is 6.86. The van der Waals surface area contributed by atoms with Gasteiger partial charge in [0.1, 0.15) is 17.5 Å². The van der Waals surface area contributed by atoms with E-state index >= 15 is 4.39 Å². The van der Waals surface area contributed by atoms with Crippen molar-refractivity contribution in [1.82, 2.24) is 0 Å². The fourth-order valence-corrected chi connectivity index (χ4v) is 3.68. The molecule has 4 aromatic rings. The molecule has 0 N–H and O–H groups in total. The molecule has 4 aromatic carbocycles. The monoisotopic (exact) mass is 406 g/mol. The van der Waals surface area contributed by atoms with Gasteiger partial charge < -0.3 is 4.74 Å². The van der Waals surface area contributed by atoms with E-state index in [1.165, 1.54) is 18.2 Å². The second-order valence-electron chi connectivity index (χ2n) is 7.35. The number of halogens is 3. The third-order valence-electron chi connectivity index (χ3n) is 5.29. The second-order valence-corrected chi connectivity index (χ2v) is 7.35. The van der Waals surface area contributed by atoms with Crippen molar-refractivity contribution in [1.29, 1.82) is 0 Å². The molecule has 0 amide bonds. The average Bonchev–Trinajstić information content (AvgIpc) is 2.75. The highest BCUT2D eigenvalue weighted by atomic mass is 19.1. The van der Waals surface area contributed by atoms with E-state index in [1.807, 2.05) is 12.1 Å². The summed E-state index contributed by atoms with van der Waals surface area (Å²) in [6.45, 7) is 0.348. The van der Waals surface area contributed by atoms with E-state index in [4.69, 9.17) is 4.74 Å². The lowest BCUT2D eigenvalue weighted by atomic mass is 9.96. The van der Waals surface area contributed by atoms with Crippen LogP contribution in [0.4, 0.5) is 13.2 Å². The molecule has 0 aromatic heterocycles. The van der Waals surface area contributed by atoms with Crippen molar-refractivity contribution in [3.63, 3.8) is 0 Å². The van der Waals surface area contributed by atoms with Crippen LogP contribution in [0.3, 0.4) is 0 Å². The Bertz CT molecular complexity index is 1180. The molecular weight excluding hydrogens is 385 g/mol. The first-order chi connectivity index (χ1) is 14.5. The number of hydrogen-bond acceptors (Lipinski definition) is 1. The highest BCUT2D eigenvalue weighted by Crippen LogP contribution is 2.30. The van der Waals surface area contributed by atoms with Gasteiger partial charge in [-0.15, -0.1) is 0 Å². The molecule has 4 rings (SSSR count). The van der Waals surface area contributed by atoms with Gasteiger partial charge in [-0.1, -0.05) is 48.5 Å². The van der Waals surface area contributed by atoms with E-state index in [9.17, 15) is 8.78 Å². The van der Waals surface area contributed by atoms with Crippen LogP contribution in [0.25, 0.3) is 21.9 Å². The molecule has 0 aliphatic carbocycles. The quantitative estimate of drug-likeness (QED) is 0.340. The zero-order valence-electron chi connectivity index (χ0n) is 16.6. The summed E-state index contributed by atoms with van der Waals surface area (Å²) in [6, 6.07) is 20.1. The number of methoxy groups -OCH3 is 1. The number of benzene rings is 4. The van der Waals surface area contributed by atoms with Crippen molar-refractivity contribution in [3.8, 4) is 11.1 Å². The Hall–Kier alpha value is -3.11. The fraction of sp³-hybridized carbons (Fsp3) is 0.154. The van der Waals surface area contributed by atoms with E-state index in [2.05, 4.69) is 0 Å². The third-order valence-corrected chi connectivity index (χ3v) is 5.29. The summed E-state index contributed by atoms with van der Waals surface area (Å²) in [5.41, 5.74) is 3.49. The third kappa shape index (κ3) is 4.24. The van der Waals surface area contributed by atoms with Crippen LogP contribution < -0.4 is 0 Å². The van der Waals surface area contributed by atoms with Gasteiger partial charge in [0.05, 0.1) is 6.61 Å². The average molecular weight is 406 g/mol. The van der Waals surface area contributed by atoms with Gasteiger partial charge in [-0.25, -0.2) is 13.2 Å². The maximum absolute atomic E-state index is 15.0. The van der Waals surface area contributed by atoms with E-state index in [0.29, 0.717) is 41.5 Å². The molecule has 0 heterocycles. The van der Waals surface area contributed by atoms with Crippen LogP contribution in [-0.2, 0) is 24.2 Å². The second kappa shape index (κ2) is 8.72. The van der Waals surface area contributed by atoms with Crippen molar-refractivity contribution in [2.45, 2.75) is 19.4 Å². The molecule has 30 heavy (non-hydrogen) atoms. The molecule has 0 radical (unpaired) electrons. The van der Waals surface area contributed by atoms with Crippen molar-refractivity contribution in [2.75, 3.05) is 7.11 Å². The summed E-state index contributed by atoms with van der Waals surface area (Å²) in [5.74, 6) is -0.881. The Morgan fingerprint density at radius 3 is 2.23 bits per heavy atom. The number of aryl methyl sites for hydroxylation is 2. The van der Waals surface area contributed by atoms with Crippen molar-refractivity contribution >= 4 is 10.8 Å². The van der Waals surface area contributed by atoms with Gasteiger partial charge in [0.2, 0.25) is 0 Å². The lowest BCUT2D eigenvalue weighted by molar-refractivity contribution is 0.184. The van der Waals surface area contributed by atoms with Crippen molar-refractivity contribution in [3.05, 3.63) is 107 Å². The number of hydrogen-bond donors (Lipinski definition) is 0. The molecule has 1 nitrogen and oxygen atoms in total. The van der Waals surface area contributed by atoms with Gasteiger partial charge in [0.15, 0.2) is 0 Å². The Balaban J connectivity index is 1.60. The molecule has 0 bridgehead atoms. The predicted molar refractivity (Wildman–Crippen MR) is 114 cm³/mol. The van der Waals surface area contributed by atoms with E-state index in [0.717, 1.165) is 16.5 Å². The van der Waals surface area contributed by atoms with Crippen LogP contribution >= 0.6 is 0 Å². The summed E-state index contributed by atoms with van der Waals surface area (Å²) < 4.78 is 47.6. The van der Waals surface area contributed by atoms with Crippen LogP contribution in [0, 0.1) is 17.5 Å². The van der Waals surface area contributed by atoms with Crippen LogP contribution in [0.5, 0.6) is 0 Å². The fourth-order valence-electron chi connectivity index (χ4n) is 3.68. The van der Waals surface area contributed by atoms with E-state index in [1.54, 1.807) is 49.6 Å². The number of fused-ring (bicyclic) bond motifs is 1. The first-order valence-electron chi connectivity index (χ1n) is 9.78. The van der Waals surface area contributed by atoms with Gasteiger partial charge in [0.25, 0.3) is 0 Å². The summed E-state index contributed by atoms with van der Waals surface area (Å²) >= 11 is 0. The van der Waals surface area contributed by atoms with E-state index in [-0.39, 0.29) is 17.5 Å². The molecule has 0 unspecified atom stereocenters. The normalized spacial score (nSPS) is 11.2. The molecule has 0 fully saturated rings. The molecule has 0 spiro atoms. The Kier molecular flexibility index (Phi) is 5.86. The summed E-state index contributed by atoms with van der Waals surface area (Å²) in [4.78, 5) is 0. The smallest absolute Gasteiger partial charge is 0.134 e. The molecule has 0 aliphatic heterocycles. The lowest BCUT2D eigenvalue weighted by Crippen LogP contribution is -1.96. The molecule has 0 saturated heterocycles. The summed E-state index contributed by atoms with van der Waals surface area (Å²) in [7, 11) is 1.57. The van der Waals surface area contributed by atoms with Gasteiger partial charge in [-0.3, -0.25) is 0 Å². The Morgan fingerprint density at radius 2 is 1.50 bits per heavy atom. The van der Waals surface area contributed by atoms with Gasteiger partial charge in [-0.2, -0.15) is 0 Å². The minimum Gasteiger partial charge on any atom is -0.380 e. The highest BCUT2D eigenvalue weighted by molar-refractivity contribution is 5.88. The van der Waals surface area contributed by atoms with Crippen molar-refractivity contribution < 1.29 is 17.9 Å². The zero-order valence-corrected chi connectivity index (χ0v) is 16.6. The first-order valence-corrected chi connectivity index (χ1v) is 9.78. The minimum atomic E-state index is -0.333. The maximum atomic E-state index is 15.0. The number of ether oxygens (including phenoxy) is 1. The number of rotatable bonds is 6. The summed E-state index contributed by atoms with van der Waals surface area (Å²) in [6.07, 6.45) is 1.14. The molecule has 152 valence electrons. The molecule has 4 heteroatoms. The first kappa shape index (κ1) is 20.2.